The second-order valence-electron chi connectivity index (χ2n) is 9.16. The van der Waals surface area contributed by atoms with Gasteiger partial charge in [-0.3, -0.25) is 4.79 Å². The van der Waals surface area contributed by atoms with E-state index in [0.717, 1.165) is 34.9 Å². The van der Waals surface area contributed by atoms with Gasteiger partial charge in [0.25, 0.3) is 0 Å². The lowest BCUT2D eigenvalue weighted by molar-refractivity contribution is -0.137. The molecular weight excluding hydrogens is 458 g/mol. The van der Waals surface area contributed by atoms with Crippen LogP contribution in [-0.2, 0) is 20.6 Å². The van der Waals surface area contributed by atoms with Crippen molar-refractivity contribution in [3.05, 3.63) is 64.2 Å². The molecule has 0 saturated carbocycles. The summed E-state index contributed by atoms with van der Waals surface area (Å²) in [4.78, 5) is 17.3. The summed E-state index contributed by atoms with van der Waals surface area (Å²) in [5.74, 6) is 0.0693. The number of aryl methyl sites for hydroxylation is 2. The number of hydrogen-bond donors (Lipinski definition) is 0. The van der Waals surface area contributed by atoms with E-state index in [9.17, 15) is 13.2 Å². The predicted molar refractivity (Wildman–Crippen MR) is 133 cm³/mol. The van der Waals surface area contributed by atoms with Crippen molar-refractivity contribution in [3.8, 4) is 0 Å². The van der Waals surface area contributed by atoms with E-state index in [1.807, 2.05) is 54.3 Å². The number of benzene rings is 2. The summed E-state index contributed by atoms with van der Waals surface area (Å²) in [6, 6.07) is 13.5. The number of nitrogens with zero attached hydrogens (tertiary/aromatic N) is 3. The fourth-order valence-electron chi connectivity index (χ4n) is 4.72. The Morgan fingerprint density at radius 1 is 0.939 bits per heavy atom. The van der Waals surface area contributed by atoms with Crippen molar-refractivity contribution in [1.29, 1.82) is 0 Å². The van der Waals surface area contributed by atoms with Crippen molar-refractivity contribution in [2.24, 2.45) is 5.92 Å². The number of carbonyl (C=O) groups excluding carboxylic acids is 1. The second-order valence-corrected chi connectivity index (χ2v) is 11.6. The summed E-state index contributed by atoms with van der Waals surface area (Å²) in [5, 5.41) is 0.721. The summed E-state index contributed by atoms with van der Waals surface area (Å²) in [6.45, 7) is 7.78. The van der Waals surface area contributed by atoms with Crippen molar-refractivity contribution < 1.29 is 13.2 Å². The van der Waals surface area contributed by atoms with E-state index in [1.54, 1.807) is 4.31 Å². The maximum absolute atomic E-state index is 13.1. The number of halogens is 1. The van der Waals surface area contributed by atoms with Crippen LogP contribution < -0.4 is 4.90 Å². The first-order valence-electron chi connectivity index (χ1n) is 11.6. The van der Waals surface area contributed by atoms with Gasteiger partial charge >= 0.3 is 0 Å². The van der Waals surface area contributed by atoms with Crippen LogP contribution in [0.15, 0.2) is 42.5 Å². The number of sulfonamides is 1. The molecule has 4 rings (SSSR count). The lowest BCUT2D eigenvalue weighted by atomic mass is 9.96. The molecule has 0 spiro atoms. The Kier molecular flexibility index (Phi) is 7.31. The molecule has 0 aliphatic carbocycles. The maximum Gasteiger partial charge on any atom is 0.225 e. The first-order chi connectivity index (χ1) is 15.7. The van der Waals surface area contributed by atoms with Gasteiger partial charge in [0.05, 0.1) is 5.75 Å². The molecule has 0 atom stereocenters. The Labute approximate surface area is 202 Å². The zero-order valence-corrected chi connectivity index (χ0v) is 20.9. The molecule has 2 fully saturated rings. The largest absolute Gasteiger partial charge is 0.368 e. The lowest BCUT2D eigenvalue weighted by Crippen LogP contribution is -2.52. The van der Waals surface area contributed by atoms with E-state index in [2.05, 4.69) is 11.8 Å². The highest BCUT2D eigenvalue weighted by Crippen LogP contribution is 2.27. The molecule has 0 N–H and O–H groups in total. The molecule has 1 amide bonds. The molecule has 8 heteroatoms. The van der Waals surface area contributed by atoms with Crippen molar-refractivity contribution in [2.75, 3.05) is 44.2 Å². The predicted octanol–water partition coefficient (Wildman–Crippen LogP) is 3.85. The normalized spacial score (nSPS) is 18.5. The summed E-state index contributed by atoms with van der Waals surface area (Å²) in [5.41, 5.74) is 4.21. The SMILES string of the molecule is Cc1ccc(CS(=O)(=O)N2CCC(C(=O)N3CCN(c4cc(Cl)ccc4C)CC3)CC2)cc1. The van der Waals surface area contributed by atoms with E-state index in [-0.39, 0.29) is 17.6 Å². The van der Waals surface area contributed by atoms with E-state index in [1.165, 1.54) is 5.56 Å². The van der Waals surface area contributed by atoms with Gasteiger partial charge in [0.1, 0.15) is 0 Å². The molecule has 0 radical (unpaired) electrons. The summed E-state index contributed by atoms with van der Waals surface area (Å²) < 4.78 is 27.3. The monoisotopic (exact) mass is 489 g/mol. The number of rotatable bonds is 5. The van der Waals surface area contributed by atoms with Gasteiger partial charge in [0, 0.05) is 55.9 Å². The third kappa shape index (κ3) is 5.70. The van der Waals surface area contributed by atoms with Crippen LogP contribution in [0.25, 0.3) is 0 Å². The number of amides is 1. The van der Waals surface area contributed by atoms with E-state index < -0.39 is 10.0 Å². The summed E-state index contributed by atoms with van der Waals surface area (Å²) >= 11 is 6.17. The molecule has 2 aliphatic heterocycles. The average Bonchev–Trinajstić information content (AvgIpc) is 2.82. The molecule has 0 aromatic heterocycles. The topological polar surface area (TPSA) is 60.9 Å². The fourth-order valence-corrected chi connectivity index (χ4v) is 6.45. The van der Waals surface area contributed by atoms with E-state index in [4.69, 9.17) is 11.6 Å². The van der Waals surface area contributed by atoms with Crippen LogP contribution in [0.4, 0.5) is 5.69 Å². The zero-order valence-electron chi connectivity index (χ0n) is 19.3. The van der Waals surface area contributed by atoms with Crippen molar-refractivity contribution in [2.45, 2.75) is 32.4 Å². The minimum Gasteiger partial charge on any atom is -0.368 e. The molecule has 33 heavy (non-hydrogen) atoms. The minimum atomic E-state index is -3.38. The molecule has 2 saturated heterocycles. The number of hydrogen-bond acceptors (Lipinski definition) is 4. The van der Waals surface area contributed by atoms with Crippen molar-refractivity contribution in [3.63, 3.8) is 0 Å². The van der Waals surface area contributed by atoms with Crippen molar-refractivity contribution >= 4 is 33.2 Å². The van der Waals surface area contributed by atoms with Gasteiger partial charge < -0.3 is 9.80 Å². The molecule has 2 heterocycles. The van der Waals surface area contributed by atoms with E-state index in [0.29, 0.717) is 39.0 Å². The zero-order chi connectivity index (χ0) is 23.6. The Hall–Kier alpha value is -2.09. The fraction of sp³-hybridized carbons (Fsp3) is 0.480. The third-order valence-electron chi connectivity index (χ3n) is 6.77. The van der Waals surface area contributed by atoms with Crippen LogP contribution in [0.1, 0.15) is 29.5 Å². The molecule has 2 aromatic rings. The highest BCUT2D eigenvalue weighted by Gasteiger charge is 2.34. The Morgan fingerprint density at radius 2 is 1.58 bits per heavy atom. The molecule has 0 unspecified atom stereocenters. The van der Waals surface area contributed by atoms with Crippen molar-refractivity contribution in [1.82, 2.24) is 9.21 Å². The van der Waals surface area contributed by atoms with Crippen LogP contribution >= 0.6 is 11.6 Å². The Balaban J connectivity index is 1.29. The van der Waals surface area contributed by atoms with Crippen LogP contribution in [0.5, 0.6) is 0 Å². The average molecular weight is 490 g/mol. The molecule has 2 aliphatic rings. The van der Waals surface area contributed by atoms with Gasteiger partial charge in [-0.05, 0) is 49.9 Å². The molecule has 6 nitrogen and oxygen atoms in total. The summed E-state index contributed by atoms with van der Waals surface area (Å²) in [6.07, 6.45) is 1.17. The highest BCUT2D eigenvalue weighted by molar-refractivity contribution is 7.88. The number of carbonyl (C=O) groups is 1. The standard InChI is InChI=1S/C25H32ClN3O3S/c1-19-3-6-21(7-4-19)18-33(31,32)29-11-9-22(10-12-29)25(30)28-15-13-27(14-16-28)24-17-23(26)8-5-20(24)2/h3-8,17,22H,9-16,18H2,1-2H3. The third-order valence-corrected chi connectivity index (χ3v) is 8.85. The number of piperidine rings is 1. The van der Waals surface area contributed by atoms with Gasteiger partial charge in [-0.1, -0.05) is 47.5 Å². The quantitative estimate of drug-likeness (QED) is 0.640. The number of piperazine rings is 1. The minimum absolute atomic E-state index is 0.0107. The first kappa shape index (κ1) is 24.0. The molecule has 0 bridgehead atoms. The first-order valence-corrected chi connectivity index (χ1v) is 13.5. The van der Waals surface area contributed by atoms with Gasteiger partial charge in [-0.15, -0.1) is 0 Å². The number of anilines is 1. The van der Waals surface area contributed by atoms with Crippen LogP contribution in [0.3, 0.4) is 0 Å². The van der Waals surface area contributed by atoms with Gasteiger partial charge in [0.2, 0.25) is 15.9 Å². The lowest BCUT2D eigenvalue weighted by Gasteiger charge is -2.39. The van der Waals surface area contributed by atoms with Gasteiger partial charge in [-0.2, -0.15) is 0 Å². The molecule has 178 valence electrons. The smallest absolute Gasteiger partial charge is 0.225 e. The highest BCUT2D eigenvalue weighted by atomic mass is 35.5. The Morgan fingerprint density at radius 3 is 2.21 bits per heavy atom. The van der Waals surface area contributed by atoms with Gasteiger partial charge in [0.15, 0.2) is 0 Å². The maximum atomic E-state index is 13.1. The van der Waals surface area contributed by atoms with Crippen LogP contribution in [0, 0.1) is 19.8 Å². The summed E-state index contributed by atoms with van der Waals surface area (Å²) in [7, 11) is -3.38. The van der Waals surface area contributed by atoms with Crippen LogP contribution in [-0.4, -0.2) is 62.8 Å². The Bertz CT molecular complexity index is 1090. The molecule has 2 aromatic carbocycles. The van der Waals surface area contributed by atoms with Crippen LogP contribution in [0.2, 0.25) is 5.02 Å². The van der Waals surface area contributed by atoms with Gasteiger partial charge in [-0.25, -0.2) is 12.7 Å². The molecular formula is C25H32ClN3O3S. The van der Waals surface area contributed by atoms with E-state index >= 15 is 0 Å². The second kappa shape index (κ2) is 10.0.